The lowest BCUT2D eigenvalue weighted by Gasteiger charge is -2.19. The second kappa shape index (κ2) is 7.72. The molecule has 0 aliphatic heterocycles. The molecule has 0 radical (unpaired) electrons. The Hall–Kier alpha value is -3.51. The number of rotatable bonds is 4. The number of ketones is 2. The number of halogens is 2. The van der Waals surface area contributed by atoms with Crippen LogP contribution < -0.4 is 4.74 Å². The lowest BCUT2D eigenvalue weighted by molar-refractivity contribution is 0.0469. The first-order valence-electron chi connectivity index (χ1n) is 8.93. The van der Waals surface area contributed by atoms with Gasteiger partial charge < -0.3 is 9.47 Å². The number of methoxy groups -OCH3 is 1. The largest absolute Gasteiger partial charge is 0.496 e. The fourth-order valence-electron chi connectivity index (χ4n) is 3.38. The van der Waals surface area contributed by atoms with Crippen LogP contribution >= 0.6 is 11.6 Å². The lowest BCUT2D eigenvalue weighted by atomic mass is 9.83. The summed E-state index contributed by atoms with van der Waals surface area (Å²) in [6.07, 6.45) is 0. The second-order valence-corrected chi connectivity index (χ2v) is 6.96. The van der Waals surface area contributed by atoms with Gasteiger partial charge in [-0.25, -0.2) is 9.18 Å². The minimum Gasteiger partial charge on any atom is -0.496 e. The Morgan fingerprint density at radius 3 is 2.37 bits per heavy atom. The molecule has 0 saturated heterocycles. The molecular formula is C23H14ClFO5. The number of carbonyl (C=O) groups is 3. The molecule has 0 atom stereocenters. The van der Waals surface area contributed by atoms with Gasteiger partial charge in [-0.15, -0.1) is 0 Å². The molecule has 0 spiro atoms. The number of carbonyl (C=O) groups excluding carboxylic acids is 3. The summed E-state index contributed by atoms with van der Waals surface area (Å²) in [6, 6.07) is 13.0. The molecule has 30 heavy (non-hydrogen) atoms. The Bertz CT molecular complexity index is 1220. The third-order valence-corrected chi connectivity index (χ3v) is 5.24. The monoisotopic (exact) mass is 424 g/mol. The van der Waals surface area contributed by atoms with E-state index in [1.54, 1.807) is 18.2 Å². The van der Waals surface area contributed by atoms with Crippen LogP contribution in [0.3, 0.4) is 0 Å². The van der Waals surface area contributed by atoms with Crippen LogP contribution in [0.25, 0.3) is 0 Å². The van der Waals surface area contributed by atoms with Crippen molar-refractivity contribution in [3.63, 3.8) is 0 Å². The number of fused-ring (bicyclic) bond motifs is 2. The summed E-state index contributed by atoms with van der Waals surface area (Å²) in [5, 5.41) is -0.156. The van der Waals surface area contributed by atoms with E-state index in [1.165, 1.54) is 43.5 Å². The van der Waals surface area contributed by atoms with E-state index in [0.717, 1.165) is 0 Å². The highest BCUT2D eigenvalue weighted by Crippen LogP contribution is 2.34. The molecule has 5 nitrogen and oxygen atoms in total. The predicted molar refractivity (Wildman–Crippen MR) is 107 cm³/mol. The molecular weight excluding hydrogens is 411 g/mol. The summed E-state index contributed by atoms with van der Waals surface area (Å²) < 4.78 is 23.9. The Balaban J connectivity index is 1.65. The van der Waals surface area contributed by atoms with E-state index in [9.17, 15) is 18.8 Å². The van der Waals surface area contributed by atoms with Crippen molar-refractivity contribution in [2.75, 3.05) is 7.11 Å². The minimum absolute atomic E-state index is 0.0295. The van der Waals surface area contributed by atoms with Gasteiger partial charge in [0.05, 0.1) is 23.3 Å². The number of esters is 1. The summed E-state index contributed by atoms with van der Waals surface area (Å²) in [5.41, 5.74) is 0.892. The van der Waals surface area contributed by atoms with Crippen LogP contribution in [0.5, 0.6) is 5.75 Å². The SMILES string of the molecule is COc1ccc(F)cc1COC(=O)c1ccc2c(c1Cl)C(=O)c1ccccc1C2=O. The molecule has 0 aromatic heterocycles. The summed E-state index contributed by atoms with van der Waals surface area (Å²) in [7, 11) is 1.42. The average Bonchev–Trinajstić information content (AvgIpc) is 2.75. The van der Waals surface area contributed by atoms with Crippen molar-refractivity contribution in [3.05, 3.63) is 98.8 Å². The number of hydrogen-bond donors (Lipinski definition) is 0. The average molecular weight is 425 g/mol. The van der Waals surface area contributed by atoms with Gasteiger partial charge in [-0.2, -0.15) is 0 Å². The van der Waals surface area contributed by atoms with Gasteiger partial charge in [0, 0.05) is 22.3 Å². The molecule has 0 fully saturated rings. The van der Waals surface area contributed by atoms with Crippen LogP contribution in [0.2, 0.25) is 5.02 Å². The zero-order valence-electron chi connectivity index (χ0n) is 15.7. The molecule has 0 N–H and O–H groups in total. The smallest absolute Gasteiger partial charge is 0.340 e. The van der Waals surface area contributed by atoms with Crippen LogP contribution in [0.15, 0.2) is 54.6 Å². The first-order chi connectivity index (χ1) is 14.4. The summed E-state index contributed by atoms with van der Waals surface area (Å²) in [5.74, 6) is -1.74. The van der Waals surface area contributed by atoms with E-state index in [0.29, 0.717) is 16.9 Å². The third kappa shape index (κ3) is 3.25. The third-order valence-electron chi connectivity index (χ3n) is 4.85. The summed E-state index contributed by atoms with van der Waals surface area (Å²) in [6.45, 7) is -0.261. The first kappa shape index (κ1) is 19.8. The molecule has 0 bridgehead atoms. The molecule has 0 heterocycles. The van der Waals surface area contributed by atoms with Crippen molar-refractivity contribution in [1.29, 1.82) is 0 Å². The van der Waals surface area contributed by atoms with Crippen molar-refractivity contribution < 1.29 is 28.2 Å². The Kier molecular flexibility index (Phi) is 5.10. The van der Waals surface area contributed by atoms with Gasteiger partial charge in [-0.05, 0) is 30.3 Å². The van der Waals surface area contributed by atoms with Gasteiger partial charge in [0.15, 0.2) is 11.6 Å². The van der Waals surface area contributed by atoms with Crippen LogP contribution in [-0.2, 0) is 11.3 Å². The molecule has 3 aromatic rings. The van der Waals surface area contributed by atoms with Crippen LogP contribution in [0.1, 0.15) is 47.8 Å². The summed E-state index contributed by atoms with van der Waals surface area (Å²) in [4.78, 5) is 38.2. The van der Waals surface area contributed by atoms with Gasteiger partial charge in [0.25, 0.3) is 0 Å². The maximum absolute atomic E-state index is 13.5. The molecule has 1 aliphatic carbocycles. The van der Waals surface area contributed by atoms with Crippen LogP contribution in [-0.4, -0.2) is 24.6 Å². The van der Waals surface area contributed by atoms with Gasteiger partial charge in [-0.3, -0.25) is 9.59 Å². The molecule has 1 aliphatic rings. The summed E-state index contributed by atoms with van der Waals surface area (Å²) >= 11 is 6.36. The van der Waals surface area contributed by atoms with Crippen molar-refractivity contribution in [1.82, 2.24) is 0 Å². The maximum atomic E-state index is 13.5. The molecule has 3 aromatic carbocycles. The van der Waals surface area contributed by atoms with E-state index in [-0.39, 0.29) is 39.7 Å². The Morgan fingerprint density at radius 2 is 1.67 bits per heavy atom. The molecule has 150 valence electrons. The number of ether oxygens (including phenoxy) is 2. The van der Waals surface area contributed by atoms with Crippen molar-refractivity contribution in [3.8, 4) is 5.75 Å². The highest BCUT2D eigenvalue weighted by atomic mass is 35.5. The minimum atomic E-state index is -0.812. The van der Waals surface area contributed by atoms with Crippen LogP contribution in [0, 0.1) is 5.82 Å². The van der Waals surface area contributed by atoms with E-state index in [2.05, 4.69) is 0 Å². The van der Waals surface area contributed by atoms with Gasteiger partial charge in [0.2, 0.25) is 0 Å². The highest BCUT2D eigenvalue weighted by molar-refractivity contribution is 6.41. The topological polar surface area (TPSA) is 69.7 Å². The van der Waals surface area contributed by atoms with Crippen molar-refractivity contribution in [2.45, 2.75) is 6.61 Å². The van der Waals surface area contributed by atoms with Crippen LogP contribution in [0.4, 0.5) is 4.39 Å². The molecule has 0 unspecified atom stereocenters. The van der Waals surface area contributed by atoms with E-state index >= 15 is 0 Å². The molecule has 4 rings (SSSR count). The zero-order chi connectivity index (χ0) is 21.4. The highest BCUT2D eigenvalue weighted by Gasteiger charge is 2.33. The second-order valence-electron chi connectivity index (χ2n) is 6.59. The first-order valence-corrected chi connectivity index (χ1v) is 9.30. The Labute approximate surface area is 176 Å². The van der Waals surface area contributed by atoms with E-state index in [4.69, 9.17) is 21.1 Å². The molecule has 7 heteroatoms. The molecule has 0 amide bonds. The van der Waals surface area contributed by atoms with Gasteiger partial charge >= 0.3 is 5.97 Å². The standard InChI is InChI=1S/C23H14ClFO5/c1-29-18-9-6-13(25)10-12(18)11-30-23(28)17-8-7-16-19(20(17)24)22(27)15-5-3-2-4-14(15)21(16)26/h2-10H,11H2,1H3. The zero-order valence-corrected chi connectivity index (χ0v) is 16.5. The fraction of sp³-hybridized carbons (Fsp3) is 0.0870. The Morgan fingerprint density at radius 1 is 0.967 bits per heavy atom. The normalized spacial score (nSPS) is 12.2. The number of hydrogen-bond acceptors (Lipinski definition) is 5. The fourth-order valence-corrected chi connectivity index (χ4v) is 3.71. The maximum Gasteiger partial charge on any atom is 0.340 e. The lowest BCUT2D eigenvalue weighted by Crippen LogP contribution is -2.22. The van der Waals surface area contributed by atoms with Crippen molar-refractivity contribution in [2.24, 2.45) is 0 Å². The number of benzene rings is 3. The van der Waals surface area contributed by atoms with Gasteiger partial charge in [-0.1, -0.05) is 35.9 Å². The quantitative estimate of drug-likeness (QED) is 0.447. The van der Waals surface area contributed by atoms with E-state index < -0.39 is 17.6 Å². The van der Waals surface area contributed by atoms with Crippen molar-refractivity contribution >= 4 is 29.1 Å². The molecule has 0 saturated carbocycles. The van der Waals surface area contributed by atoms with Gasteiger partial charge in [0.1, 0.15) is 18.2 Å². The van der Waals surface area contributed by atoms with E-state index in [1.807, 2.05) is 0 Å². The predicted octanol–water partition coefficient (Wildman–Crippen LogP) is 4.62.